The Bertz CT molecular complexity index is 460. The topological polar surface area (TPSA) is 58.5 Å². The molecule has 0 amide bonds. The fourth-order valence-electron chi connectivity index (χ4n) is 0.905. The Morgan fingerprint density at radius 2 is 1.75 bits per heavy atom. The Morgan fingerprint density at radius 3 is 2.31 bits per heavy atom. The van der Waals surface area contributed by atoms with Crippen LogP contribution in [0.25, 0.3) is 0 Å². The summed E-state index contributed by atoms with van der Waals surface area (Å²) in [6.45, 7) is 0. The third-order valence-corrected chi connectivity index (χ3v) is 2.31. The van der Waals surface area contributed by atoms with Gasteiger partial charge in [-0.05, 0) is 35.3 Å². The third kappa shape index (κ3) is 3.48. The van der Waals surface area contributed by atoms with Gasteiger partial charge in [-0.2, -0.15) is 5.10 Å². The highest BCUT2D eigenvalue weighted by Gasteiger charge is 2.08. The van der Waals surface area contributed by atoms with Crippen molar-refractivity contribution in [3.63, 3.8) is 0 Å². The number of benzene rings is 1. The first-order chi connectivity index (χ1) is 7.52. The second-order valence-electron chi connectivity index (χ2n) is 2.61. The van der Waals surface area contributed by atoms with Crippen molar-refractivity contribution < 1.29 is 9.59 Å². The number of halogens is 3. The maximum absolute atomic E-state index is 11.0. The molecule has 1 aromatic carbocycles. The Kier molecular flexibility index (Phi) is 4.73. The first-order valence-electron chi connectivity index (χ1n) is 4.00. The molecule has 0 aromatic heterocycles. The highest BCUT2D eigenvalue weighted by Crippen LogP contribution is 2.17. The van der Waals surface area contributed by atoms with Crippen LogP contribution in [0.1, 0.15) is 10.4 Å². The maximum Gasteiger partial charge on any atom is 0.284 e. The number of hydrazone groups is 1. The van der Waals surface area contributed by atoms with E-state index in [0.29, 0.717) is 5.69 Å². The summed E-state index contributed by atoms with van der Waals surface area (Å²) >= 11 is 15.8. The number of nitrogens with one attached hydrogen (secondary N) is 1. The molecule has 0 aliphatic heterocycles. The summed E-state index contributed by atoms with van der Waals surface area (Å²) in [5, 5.41) is 1.50. The summed E-state index contributed by atoms with van der Waals surface area (Å²) in [4.78, 5) is 21.5. The number of carbonyl (C=O) groups excluding carboxylic acids is 2. The monoisotopic (exact) mass is 278 g/mol. The molecule has 16 heavy (non-hydrogen) atoms. The lowest BCUT2D eigenvalue weighted by Gasteiger charge is -2.04. The average Bonchev–Trinajstić information content (AvgIpc) is 2.25. The van der Waals surface area contributed by atoms with Gasteiger partial charge in [0.15, 0.2) is 0 Å². The van der Waals surface area contributed by atoms with E-state index < -0.39 is 15.7 Å². The number of rotatable bonds is 4. The van der Waals surface area contributed by atoms with Crippen molar-refractivity contribution >= 4 is 56.1 Å². The number of carbonyl (C=O) groups is 2. The SMILES string of the molecule is O=C(Cl)/C(Cl)=N/Nc1ccccc1C(=O)Cl. The van der Waals surface area contributed by atoms with Gasteiger partial charge in [0.25, 0.3) is 10.5 Å². The van der Waals surface area contributed by atoms with Crippen LogP contribution in [0.5, 0.6) is 0 Å². The number of para-hydroxylation sites is 1. The molecule has 7 heteroatoms. The summed E-state index contributed by atoms with van der Waals surface area (Å²) in [7, 11) is 0. The molecule has 0 heterocycles. The molecular formula is C9H5Cl3N2O2. The van der Waals surface area contributed by atoms with Crippen LogP contribution in [0.4, 0.5) is 5.69 Å². The van der Waals surface area contributed by atoms with Crippen LogP contribution in [-0.4, -0.2) is 15.7 Å². The molecule has 0 spiro atoms. The zero-order valence-corrected chi connectivity index (χ0v) is 9.97. The van der Waals surface area contributed by atoms with Crippen LogP contribution in [0.2, 0.25) is 0 Å². The van der Waals surface area contributed by atoms with Crippen LogP contribution in [0.3, 0.4) is 0 Å². The van der Waals surface area contributed by atoms with Gasteiger partial charge in [-0.1, -0.05) is 23.7 Å². The summed E-state index contributed by atoms with van der Waals surface area (Å²) in [6.07, 6.45) is 0. The molecule has 0 saturated heterocycles. The molecule has 0 radical (unpaired) electrons. The fraction of sp³-hybridized carbons (Fsp3) is 0. The Morgan fingerprint density at radius 1 is 1.12 bits per heavy atom. The van der Waals surface area contributed by atoms with Crippen molar-refractivity contribution in [3.8, 4) is 0 Å². The highest BCUT2D eigenvalue weighted by molar-refractivity contribution is 6.99. The van der Waals surface area contributed by atoms with Crippen LogP contribution in [0.15, 0.2) is 29.4 Å². The number of hydrogen-bond donors (Lipinski definition) is 1. The van der Waals surface area contributed by atoms with Gasteiger partial charge >= 0.3 is 0 Å². The summed E-state index contributed by atoms with van der Waals surface area (Å²) in [6, 6.07) is 6.36. The second kappa shape index (κ2) is 5.84. The number of nitrogens with zero attached hydrogens (tertiary/aromatic N) is 1. The van der Waals surface area contributed by atoms with Crippen LogP contribution in [-0.2, 0) is 4.79 Å². The smallest absolute Gasteiger partial charge is 0.276 e. The fourth-order valence-corrected chi connectivity index (χ4v) is 1.15. The van der Waals surface area contributed by atoms with Crippen LogP contribution < -0.4 is 5.43 Å². The lowest BCUT2D eigenvalue weighted by molar-refractivity contribution is -0.106. The van der Waals surface area contributed by atoms with Crippen LogP contribution >= 0.6 is 34.8 Å². The lowest BCUT2D eigenvalue weighted by Crippen LogP contribution is -2.04. The molecule has 0 fully saturated rings. The molecule has 0 unspecified atom stereocenters. The molecule has 1 rings (SSSR count). The van der Waals surface area contributed by atoms with Gasteiger partial charge in [0.1, 0.15) is 0 Å². The first kappa shape index (κ1) is 13.0. The molecule has 4 nitrogen and oxygen atoms in total. The van der Waals surface area contributed by atoms with E-state index >= 15 is 0 Å². The van der Waals surface area contributed by atoms with Gasteiger partial charge in [-0.3, -0.25) is 15.0 Å². The minimum Gasteiger partial charge on any atom is -0.276 e. The van der Waals surface area contributed by atoms with Gasteiger partial charge in [-0.25, -0.2) is 0 Å². The van der Waals surface area contributed by atoms with E-state index in [4.69, 9.17) is 34.8 Å². The second-order valence-corrected chi connectivity index (χ2v) is 3.65. The van der Waals surface area contributed by atoms with Gasteiger partial charge in [-0.15, -0.1) is 0 Å². The summed E-state index contributed by atoms with van der Waals surface area (Å²) in [5.41, 5.74) is 2.97. The molecular weight excluding hydrogens is 274 g/mol. The summed E-state index contributed by atoms with van der Waals surface area (Å²) in [5.74, 6) is 0. The molecule has 0 bridgehead atoms. The molecule has 1 aromatic rings. The van der Waals surface area contributed by atoms with E-state index in [0.717, 1.165) is 0 Å². The lowest BCUT2D eigenvalue weighted by atomic mass is 10.2. The molecule has 84 valence electrons. The predicted octanol–water partition coefficient (Wildman–Crippen LogP) is 2.80. The zero-order chi connectivity index (χ0) is 12.1. The van der Waals surface area contributed by atoms with Gasteiger partial charge < -0.3 is 0 Å². The standard InChI is InChI=1S/C9H5Cl3N2O2/c10-7(9(12)16)14-13-6-4-2-1-3-5(6)8(11)15/h1-4,13H/b14-7-. The van der Waals surface area contributed by atoms with Gasteiger partial charge in [0, 0.05) is 0 Å². The zero-order valence-electron chi connectivity index (χ0n) is 7.71. The van der Waals surface area contributed by atoms with Crippen molar-refractivity contribution in [1.29, 1.82) is 0 Å². The van der Waals surface area contributed by atoms with E-state index in [1.54, 1.807) is 18.2 Å². The summed E-state index contributed by atoms with van der Waals surface area (Å²) < 4.78 is 0. The van der Waals surface area contributed by atoms with Gasteiger partial charge in [0.2, 0.25) is 5.17 Å². The predicted molar refractivity (Wildman–Crippen MR) is 64.4 cm³/mol. The average molecular weight is 280 g/mol. The van der Waals surface area contributed by atoms with Crippen molar-refractivity contribution in [3.05, 3.63) is 29.8 Å². The minimum absolute atomic E-state index is 0.222. The van der Waals surface area contributed by atoms with Gasteiger partial charge in [0.05, 0.1) is 11.3 Å². The number of hydrogen-bond acceptors (Lipinski definition) is 4. The largest absolute Gasteiger partial charge is 0.284 e. The van der Waals surface area contributed by atoms with E-state index in [2.05, 4.69) is 10.5 Å². The Balaban J connectivity index is 2.94. The quantitative estimate of drug-likeness (QED) is 0.524. The normalized spacial score (nSPS) is 11.1. The minimum atomic E-state index is -0.899. The van der Waals surface area contributed by atoms with Crippen molar-refractivity contribution in [2.24, 2.45) is 5.10 Å². The third-order valence-electron chi connectivity index (χ3n) is 1.58. The Hall–Kier alpha value is -1.10. The van der Waals surface area contributed by atoms with E-state index in [9.17, 15) is 9.59 Å². The number of anilines is 1. The van der Waals surface area contributed by atoms with Crippen LogP contribution in [0, 0.1) is 0 Å². The molecule has 0 aliphatic carbocycles. The van der Waals surface area contributed by atoms with E-state index in [-0.39, 0.29) is 5.56 Å². The molecule has 0 aliphatic rings. The molecule has 1 N–H and O–H groups in total. The highest BCUT2D eigenvalue weighted by atomic mass is 35.5. The van der Waals surface area contributed by atoms with Crippen molar-refractivity contribution in [1.82, 2.24) is 0 Å². The molecule has 0 atom stereocenters. The Labute approximate surface area is 106 Å². The van der Waals surface area contributed by atoms with Crippen molar-refractivity contribution in [2.45, 2.75) is 0 Å². The van der Waals surface area contributed by atoms with Crippen molar-refractivity contribution in [2.75, 3.05) is 5.43 Å². The molecule has 0 saturated carbocycles. The van der Waals surface area contributed by atoms with E-state index in [1.165, 1.54) is 6.07 Å². The first-order valence-corrected chi connectivity index (χ1v) is 5.13. The van der Waals surface area contributed by atoms with E-state index in [1.807, 2.05) is 0 Å². The maximum atomic E-state index is 11.0.